The number of thiophene rings is 1. The van der Waals surface area contributed by atoms with E-state index in [-0.39, 0.29) is 0 Å². The molecule has 5 rings (SSSR count). The van der Waals surface area contributed by atoms with Crippen LogP contribution in [0.1, 0.15) is 16.8 Å². The fourth-order valence-corrected chi connectivity index (χ4v) is 4.12. The summed E-state index contributed by atoms with van der Waals surface area (Å²) >= 11 is 1.68. The van der Waals surface area contributed by atoms with Crippen molar-refractivity contribution in [2.24, 2.45) is 0 Å². The molecule has 0 aliphatic carbocycles. The molecule has 0 bridgehead atoms. The maximum Gasteiger partial charge on any atom is 0.169 e. The molecule has 0 amide bonds. The highest BCUT2D eigenvalue weighted by Gasteiger charge is 2.19. The van der Waals surface area contributed by atoms with Crippen LogP contribution in [0.3, 0.4) is 0 Å². The Balaban J connectivity index is 1.30. The molecule has 1 aliphatic rings. The quantitative estimate of drug-likeness (QED) is 0.543. The van der Waals surface area contributed by atoms with Gasteiger partial charge in [0.25, 0.3) is 0 Å². The van der Waals surface area contributed by atoms with Crippen LogP contribution in [0.25, 0.3) is 16.4 Å². The highest BCUT2D eigenvalue weighted by molar-refractivity contribution is 7.13. The molecular weight excluding hydrogens is 354 g/mol. The topological polar surface area (TPSA) is 46.8 Å². The largest absolute Gasteiger partial charge is 0.294 e. The summed E-state index contributed by atoms with van der Waals surface area (Å²) in [5.74, 6) is 0.848. The Morgan fingerprint density at radius 1 is 1.04 bits per heavy atom. The van der Waals surface area contributed by atoms with Crippen LogP contribution in [0.2, 0.25) is 0 Å². The first kappa shape index (κ1) is 16.4. The number of benzene rings is 1. The molecule has 1 aliphatic heterocycles. The van der Waals surface area contributed by atoms with E-state index in [2.05, 4.69) is 44.8 Å². The first-order valence-corrected chi connectivity index (χ1v) is 9.93. The fraction of sp³-hybridized carbons (Fsp3) is 0.190. The summed E-state index contributed by atoms with van der Waals surface area (Å²) in [5, 5.41) is 6.57. The number of para-hydroxylation sites is 1. The van der Waals surface area contributed by atoms with Gasteiger partial charge in [0.1, 0.15) is 0 Å². The standard InChI is InChI=1S/C21H19N5S/c1-2-5-18(6-3-1)26-14-16(11-23-26)13-25-9-8-19-17(15-25)12-22-21(24-19)20-7-4-10-27-20/h1-7,10-12,14H,8-9,13,15H2. The normalized spacial score (nSPS) is 14.2. The molecule has 0 saturated heterocycles. The molecule has 6 heteroatoms. The molecule has 4 heterocycles. The molecule has 5 nitrogen and oxygen atoms in total. The molecule has 3 aromatic heterocycles. The van der Waals surface area contributed by atoms with Gasteiger partial charge in [-0.1, -0.05) is 24.3 Å². The van der Waals surface area contributed by atoms with Gasteiger partial charge in [0.15, 0.2) is 5.82 Å². The lowest BCUT2D eigenvalue weighted by Gasteiger charge is -2.27. The van der Waals surface area contributed by atoms with E-state index in [0.29, 0.717) is 0 Å². The summed E-state index contributed by atoms with van der Waals surface area (Å²) in [6, 6.07) is 14.3. The molecule has 27 heavy (non-hydrogen) atoms. The van der Waals surface area contributed by atoms with Crippen molar-refractivity contribution in [2.75, 3.05) is 6.54 Å². The van der Waals surface area contributed by atoms with Gasteiger partial charge in [0, 0.05) is 49.6 Å². The highest BCUT2D eigenvalue weighted by Crippen LogP contribution is 2.24. The first-order valence-electron chi connectivity index (χ1n) is 9.05. The average molecular weight is 373 g/mol. The molecule has 1 aromatic carbocycles. The summed E-state index contributed by atoms with van der Waals surface area (Å²) in [7, 11) is 0. The second kappa shape index (κ2) is 7.06. The minimum atomic E-state index is 0.848. The Morgan fingerprint density at radius 3 is 2.81 bits per heavy atom. The third kappa shape index (κ3) is 3.41. The maximum absolute atomic E-state index is 4.80. The van der Waals surface area contributed by atoms with Crippen molar-refractivity contribution < 1.29 is 0 Å². The Labute approximate surface area is 162 Å². The van der Waals surface area contributed by atoms with E-state index in [1.807, 2.05) is 41.3 Å². The van der Waals surface area contributed by atoms with Gasteiger partial charge in [-0.3, -0.25) is 4.90 Å². The lowest BCUT2D eigenvalue weighted by Crippen LogP contribution is -2.30. The van der Waals surface area contributed by atoms with Gasteiger partial charge in [-0.25, -0.2) is 14.6 Å². The van der Waals surface area contributed by atoms with Crippen molar-refractivity contribution in [3.63, 3.8) is 0 Å². The van der Waals surface area contributed by atoms with Crippen LogP contribution < -0.4 is 0 Å². The summed E-state index contributed by atoms with van der Waals surface area (Å²) in [6.07, 6.45) is 7.03. The monoisotopic (exact) mass is 373 g/mol. The van der Waals surface area contributed by atoms with Crippen molar-refractivity contribution in [3.05, 3.63) is 83.3 Å². The third-order valence-corrected chi connectivity index (χ3v) is 5.68. The van der Waals surface area contributed by atoms with Gasteiger partial charge in [-0.2, -0.15) is 5.10 Å². The van der Waals surface area contributed by atoms with Gasteiger partial charge >= 0.3 is 0 Å². The number of hydrogen-bond donors (Lipinski definition) is 0. The highest BCUT2D eigenvalue weighted by atomic mass is 32.1. The lowest BCUT2D eigenvalue weighted by atomic mass is 10.1. The minimum absolute atomic E-state index is 0.848. The third-order valence-electron chi connectivity index (χ3n) is 4.82. The zero-order valence-electron chi connectivity index (χ0n) is 14.8. The van der Waals surface area contributed by atoms with Crippen LogP contribution in [0, 0.1) is 0 Å². The van der Waals surface area contributed by atoms with E-state index in [1.165, 1.54) is 16.8 Å². The second-order valence-electron chi connectivity index (χ2n) is 6.73. The minimum Gasteiger partial charge on any atom is -0.294 e. The molecule has 0 N–H and O–H groups in total. The summed E-state index contributed by atoms with van der Waals surface area (Å²) < 4.78 is 1.93. The van der Waals surface area contributed by atoms with Gasteiger partial charge < -0.3 is 0 Å². The molecule has 0 radical (unpaired) electrons. The van der Waals surface area contributed by atoms with Crippen LogP contribution in [0.15, 0.2) is 66.4 Å². The molecule has 134 valence electrons. The van der Waals surface area contributed by atoms with E-state index in [4.69, 9.17) is 4.98 Å². The van der Waals surface area contributed by atoms with E-state index < -0.39 is 0 Å². The number of hydrogen-bond acceptors (Lipinski definition) is 5. The van der Waals surface area contributed by atoms with Gasteiger partial charge in [0.05, 0.1) is 22.5 Å². The van der Waals surface area contributed by atoms with Crippen LogP contribution in [-0.2, 0) is 19.5 Å². The lowest BCUT2D eigenvalue weighted by molar-refractivity contribution is 0.243. The predicted molar refractivity (Wildman–Crippen MR) is 107 cm³/mol. The van der Waals surface area contributed by atoms with Crippen molar-refractivity contribution >= 4 is 11.3 Å². The Morgan fingerprint density at radius 2 is 1.96 bits per heavy atom. The smallest absolute Gasteiger partial charge is 0.169 e. The van der Waals surface area contributed by atoms with Crippen LogP contribution in [-0.4, -0.2) is 31.2 Å². The van der Waals surface area contributed by atoms with E-state index in [9.17, 15) is 0 Å². The van der Waals surface area contributed by atoms with Crippen molar-refractivity contribution in [2.45, 2.75) is 19.5 Å². The van der Waals surface area contributed by atoms with Crippen molar-refractivity contribution in [3.8, 4) is 16.4 Å². The van der Waals surface area contributed by atoms with Crippen LogP contribution >= 0.6 is 11.3 Å². The number of fused-ring (bicyclic) bond motifs is 1. The summed E-state index contributed by atoms with van der Waals surface area (Å²) in [4.78, 5) is 12.9. The van der Waals surface area contributed by atoms with E-state index >= 15 is 0 Å². The predicted octanol–water partition coefficient (Wildman–Crippen LogP) is 3.95. The van der Waals surface area contributed by atoms with Crippen LogP contribution in [0.5, 0.6) is 0 Å². The zero-order valence-corrected chi connectivity index (χ0v) is 15.6. The Hall–Kier alpha value is -2.83. The Kier molecular flexibility index (Phi) is 4.27. The first-order chi connectivity index (χ1) is 13.3. The molecule has 0 atom stereocenters. The maximum atomic E-state index is 4.80. The molecule has 0 saturated carbocycles. The number of nitrogens with zero attached hydrogens (tertiary/aromatic N) is 5. The fourth-order valence-electron chi connectivity index (χ4n) is 3.46. The molecule has 0 fully saturated rings. The summed E-state index contributed by atoms with van der Waals surface area (Å²) in [6.45, 7) is 2.78. The van der Waals surface area contributed by atoms with E-state index in [1.54, 1.807) is 11.3 Å². The second-order valence-corrected chi connectivity index (χ2v) is 7.68. The molecule has 0 unspecified atom stereocenters. The average Bonchev–Trinajstić information content (AvgIpc) is 3.41. The van der Waals surface area contributed by atoms with Crippen molar-refractivity contribution in [1.82, 2.24) is 24.6 Å². The zero-order chi connectivity index (χ0) is 18.1. The molecule has 0 spiro atoms. The number of rotatable bonds is 4. The van der Waals surface area contributed by atoms with E-state index in [0.717, 1.165) is 42.4 Å². The van der Waals surface area contributed by atoms with Crippen LogP contribution in [0.4, 0.5) is 0 Å². The molecular formula is C21H19N5S. The molecule has 4 aromatic rings. The van der Waals surface area contributed by atoms with Crippen molar-refractivity contribution in [1.29, 1.82) is 0 Å². The van der Waals surface area contributed by atoms with Gasteiger partial charge in [0.2, 0.25) is 0 Å². The van der Waals surface area contributed by atoms with Gasteiger partial charge in [-0.15, -0.1) is 11.3 Å². The number of aromatic nitrogens is 4. The SMILES string of the molecule is c1ccc(-n2cc(CN3CCc4nc(-c5cccs5)ncc4C3)cn2)cc1. The summed E-state index contributed by atoms with van der Waals surface area (Å²) in [5.41, 5.74) is 4.72. The van der Waals surface area contributed by atoms with Gasteiger partial charge in [-0.05, 0) is 23.6 Å². The Bertz CT molecular complexity index is 1040.